The van der Waals surface area contributed by atoms with Crippen molar-refractivity contribution in [2.24, 2.45) is 5.92 Å². The number of aromatic nitrogens is 2. The molecule has 1 fully saturated rings. The molecular weight excluding hydrogens is 354 g/mol. The van der Waals surface area contributed by atoms with Crippen molar-refractivity contribution in [3.63, 3.8) is 0 Å². The summed E-state index contributed by atoms with van der Waals surface area (Å²) < 4.78 is 2.26. The molecule has 28 heavy (non-hydrogen) atoms. The minimum Gasteiger partial charge on any atom is -0.326 e. The van der Waals surface area contributed by atoms with E-state index in [0.717, 1.165) is 42.3 Å². The number of amides is 1. The van der Waals surface area contributed by atoms with Crippen molar-refractivity contribution in [1.82, 2.24) is 19.9 Å². The van der Waals surface area contributed by atoms with Gasteiger partial charge in [-0.25, -0.2) is 10.5 Å². The maximum Gasteiger partial charge on any atom is 0.274 e. The first-order valence-electron chi connectivity index (χ1n) is 9.59. The molecule has 0 unspecified atom stereocenters. The van der Waals surface area contributed by atoms with Crippen LogP contribution in [0.5, 0.6) is 0 Å². The fourth-order valence-corrected chi connectivity index (χ4v) is 3.76. The van der Waals surface area contributed by atoms with E-state index in [1.807, 2.05) is 30.3 Å². The highest BCUT2D eigenvalue weighted by molar-refractivity contribution is 5.93. The number of carbonyl (C=O) groups excluding carboxylic acids is 1. The summed E-state index contributed by atoms with van der Waals surface area (Å²) in [4.78, 5) is 18.7. The molecule has 1 aliphatic rings. The topological polar surface area (TPSA) is 82.4 Å². The van der Waals surface area contributed by atoms with Crippen molar-refractivity contribution in [2.45, 2.75) is 19.4 Å². The largest absolute Gasteiger partial charge is 0.326 e. The van der Waals surface area contributed by atoms with E-state index >= 15 is 0 Å². The number of carbonyl (C=O) groups is 1. The molecule has 1 aromatic heterocycles. The number of imidazole rings is 1. The summed E-state index contributed by atoms with van der Waals surface area (Å²) in [7, 11) is 2.18. The fraction of sp³-hybridized carbons (Fsp3) is 0.333. The van der Waals surface area contributed by atoms with Gasteiger partial charge < -0.3 is 14.8 Å². The Kier molecular flexibility index (Phi) is 5.27. The number of hydrogen-bond donors (Lipinski definition) is 3. The molecule has 1 amide bonds. The van der Waals surface area contributed by atoms with Gasteiger partial charge in [-0.05, 0) is 75.3 Å². The van der Waals surface area contributed by atoms with Gasteiger partial charge in [0.25, 0.3) is 5.91 Å². The molecule has 4 rings (SSSR count). The molecular formula is C21H25N5O2. The van der Waals surface area contributed by atoms with Gasteiger partial charge in [0.2, 0.25) is 5.95 Å². The van der Waals surface area contributed by atoms with Crippen LogP contribution in [-0.2, 0) is 6.54 Å². The zero-order chi connectivity index (χ0) is 19.5. The smallest absolute Gasteiger partial charge is 0.274 e. The van der Waals surface area contributed by atoms with Gasteiger partial charge >= 0.3 is 0 Å². The van der Waals surface area contributed by atoms with E-state index < -0.39 is 5.91 Å². The summed E-state index contributed by atoms with van der Waals surface area (Å²) >= 11 is 0. The van der Waals surface area contributed by atoms with Crippen LogP contribution in [0.15, 0.2) is 48.5 Å². The third kappa shape index (κ3) is 3.85. The normalized spacial score (nSPS) is 15.6. The zero-order valence-corrected chi connectivity index (χ0v) is 15.9. The predicted molar refractivity (Wildman–Crippen MR) is 109 cm³/mol. The molecule has 1 aliphatic heterocycles. The zero-order valence-electron chi connectivity index (χ0n) is 15.9. The summed E-state index contributed by atoms with van der Waals surface area (Å²) in [6, 6.07) is 15.1. The van der Waals surface area contributed by atoms with Gasteiger partial charge in [0, 0.05) is 17.8 Å². The van der Waals surface area contributed by atoms with Gasteiger partial charge in [0.15, 0.2) is 0 Å². The summed E-state index contributed by atoms with van der Waals surface area (Å²) in [6.07, 6.45) is 2.38. The molecule has 3 N–H and O–H groups in total. The van der Waals surface area contributed by atoms with Gasteiger partial charge in [-0.15, -0.1) is 0 Å². The van der Waals surface area contributed by atoms with Crippen molar-refractivity contribution in [2.75, 3.05) is 25.5 Å². The highest BCUT2D eigenvalue weighted by Gasteiger charge is 2.20. The monoisotopic (exact) mass is 379 g/mol. The number of hydrogen-bond acceptors (Lipinski definition) is 5. The van der Waals surface area contributed by atoms with Crippen molar-refractivity contribution in [3.8, 4) is 0 Å². The molecule has 1 saturated heterocycles. The van der Waals surface area contributed by atoms with E-state index in [-0.39, 0.29) is 0 Å². The lowest BCUT2D eigenvalue weighted by molar-refractivity contribution is 0.0706. The summed E-state index contributed by atoms with van der Waals surface area (Å²) in [5.74, 6) is 0.908. The van der Waals surface area contributed by atoms with Crippen LogP contribution in [0.3, 0.4) is 0 Å². The first-order valence-corrected chi connectivity index (χ1v) is 9.59. The van der Waals surface area contributed by atoms with E-state index in [4.69, 9.17) is 10.2 Å². The van der Waals surface area contributed by atoms with Crippen molar-refractivity contribution < 1.29 is 10.0 Å². The Hall–Kier alpha value is -2.90. The van der Waals surface area contributed by atoms with Crippen LogP contribution in [0.1, 0.15) is 23.2 Å². The molecule has 3 aromatic rings. The van der Waals surface area contributed by atoms with Crippen LogP contribution >= 0.6 is 0 Å². The molecule has 2 aromatic carbocycles. The average molecular weight is 379 g/mol. The van der Waals surface area contributed by atoms with Gasteiger partial charge in [0.1, 0.15) is 0 Å². The third-order valence-corrected chi connectivity index (χ3v) is 5.44. The predicted octanol–water partition coefficient (Wildman–Crippen LogP) is 3.24. The first kappa shape index (κ1) is 18.5. The van der Waals surface area contributed by atoms with Crippen molar-refractivity contribution >= 4 is 28.6 Å². The minimum absolute atomic E-state index is 0.396. The SMILES string of the molecule is CN1CCC(Cn2c(Nc3ccc(C(=O)NO)cc3)nc3ccccc32)CC1. The molecule has 0 bridgehead atoms. The number of para-hydroxylation sites is 2. The number of anilines is 2. The second kappa shape index (κ2) is 8.00. The van der Waals surface area contributed by atoms with Gasteiger partial charge in [0.05, 0.1) is 11.0 Å². The second-order valence-corrected chi connectivity index (χ2v) is 7.42. The molecule has 146 valence electrons. The van der Waals surface area contributed by atoms with Crippen LogP contribution < -0.4 is 10.8 Å². The molecule has 2 heterocycles. The summed E-state index contributed by atoms with van der Waals surface area (Å²) in [5.41, 5.74) is 4.98. The Morgan fingerprint density at radius 2 is 1.86 bits per heavy atom. The molecule has 0 spiro atoms. The summed E-state index contributed by atoms with van der Waals surface area (Å²) in [6.45, 7) is 3.20. The fourth-order valence-electron chi connectivity index (χ4n) is 3.76. The minimum atomic E-state index is -0.527. The highest BCUT2D eigenvalue weighted by Crippen LogP contribution is 2.27. The average Bonchev–Trinajstić information content (AvgIpc) is 3.06. The number of benzene rings is 2. The number of rotatable bonds is 5. The number of nitrogens with one attached hydrogen (secondary N) is 2. The Bertz CT molecular complexity index is 959. The van der Waals surface area contributed by atoms with E-state index in [1.54, 1.807) is 17.6 Å². The lowest BCUT2D eigenvalue weighted by Crippen LogP contribution is -2.32. The maximum atomic E-state index is 11.5. The van der Waals surface area contributed by atoms with E-state index in [2.05, 4.69) is 27.9 Å². The molecule has 0 saturated carbocycles. The Morgan fingerprint density at radius 1 is 1.14 bits per heavy atom. The maximum absolute atomic E-state index is 11.5. The standard InChI is InChI=1S/C21H25N5O2/c1-25-12-10-15(11-13-25)14-26-19-5-3-2-4-18(19)23-21(26)22-17-8-6-16(7-9-17)20(27)24-28/h2-9,15,28H,10-14H2,1H3,(H,22,23)(H,24,27). The molecule has 0 aliphatic carbocycles. The van der Waals surface area contributed by atoms with Crippen LogP contribution in [-0.4, -0.2) is 45.7 Å². The Labute approximate surface area is 163 Å². The number of fused-ring (bicyclic) bond motifs is 1. The Morgan fingerprint density at radius 3 is 2.57 bits per heavy atom. The summed E-state index contributed by atoms with van der Waals surface area (Å²) in [5, 5.41) is 12.1. The second-order valence-electron chi connectivity index (χ2n) is 7.42. The van der Waals surface area contributed by atoms with E-state index in [0.29, 0.717) is 11.5 Å². The van der Waals surface area contributed by atoms with Crippen molar-refractivity contribution in [1.29, 1.82) is 0 Å². The van der Waals surface area contributed by atoms with Crippen LogP contribution in [0.2, 0.25) is 0 Å². The quantitative estimate of drug-likeness (QED) is 0.468. The van der Waals surface area contributed by atoms with Crippen molar-refractivity contribution in [3.05, 3.63) is 54.1 Å². The molecule has 7 nitrogen and oxygen atoms in total. The number of likely N-dealkylation sites (tertiary alicyclic amines) is 1. The van der Waals surface area contributed by atoms with E-state index in [9.17, 15) is 4.79 Å². The Balaban J connectivity index is 1.60. The van der Waals surface area contributed by atoms with E-state index in [1.165, 1.54) is 12.8 Å². The van der Waals surface area contributed by atoms with Crippen LogP contribution in [0, 0.1) is 5.92 Å². The highest BCUT2D eigenvalue weighted by atomic mass is 16.5. The molecule has 0 atom stereocenters. The van der Waals surface area contributed by atoms with Gasteiger partial charge in [-0.2, -0.15) is 0 Å². The number of nitrogens with zero attached hydrogens (tertiary/aromatic N) is 3. The van der Waals surface area contributed by atoms with Crippen LogP contribution in [0.25, 0.3) is 11.0 Å². The third-order valence-electron chi connectivity index (χ3n) is 5.44. The molecule has 0 radical (unpaired) electrons. The van der Waals surface area contributed by atoms with Crippen LogP contribution in [0.4, 0.5) is 11.6 Å². The lowest BCUT2D eigenvalue weighted by atomic mass is 9.97. The lowest BCUT2D eigenvalue weighted by Gasteiger charge is -2.29. The first-order chi connectivity index (χ1) is 13.6. The number of hydroxylamine groups is 1. The van der Waals surface area contributed by atoms with Gasteiger partial charge in [-0.3, -0.25) is 10.0 Å². The van der Waals surface area contributed by atoms with Gasteiger partial charge in [-0.1, -0.05) is 12.1 Å². The molecule has 7 heteroatoms. The number of piperidine rings is 1.